The second-order valence-electron chi connectivity index (χ2n) is 3.13. The summed E-state index contributed by atoms with van der Waals surface area (Å²) in [6, 6.07) is 5.56. The van der Waals surface area contributed by atoms with E-state index >= 15 is 0 Å². The van der Waals surface area contributed by atoms with Gasteiger partial charge < -0.3 is 19.4 Å². The van der Waals surface area contributed by atoms with Gasteiger partial charge in [-0.25, -0.2) is 0 Å². The molecule has 0 atom stereocenters. The molecule has 0 heterocycles. The highest BCUT2D eigenvalue weighted by Gasteiger charge is 2.06. The van der Waals surface area contributed by atoms with E-state index in [1.807, 2.05) is 25.1 Å². The first-order valence-corrected chi connectivity index (χ1v) is 5.99. The SMILES string of the molecule is CCOc1cc(/C(N)=C\SOC)ccc1OC. The second kappa shape index (κ2) is 7.09. The molecule has 1 aromatic rings. The molecule has 0 bridgehead atoms. The zero-order chi connectivity index (χ0) is 12.7. The Morgan fingerprint density at radius 1 is 1.35 bits per heavy atom. The largest absolute Gasteiger partial charge is 0.493 e. The van der Waals surface area contributed by atoms with Crippen molar-refractivity contribution in [2.24, 2.45) is 5.73 Å². The van der Waals surface area contributed by atoms with E-state index in [2.05, 4.69) is 0 Å². The Balaban J connectivity index is 2.98. The molecule has 0 aliphatic rings. The van der Waals surface area contributed by atoms with E-state index < -0.39 is 0 Å². The third-order valence-corrected chi connectivity index (χ3v) is 2.61. The van der Waals surface area contributed by atoms with Gasteiger partial charge in [-0.1, -0.05) is 0 Å². The van der Waals surface area contributed by atoms with E-state index in [1.165, 1.54) is 12.0 Å². The third-order valence-electron chi connectivity index (χ3n) is 2.07. The number of benzene rings is 1. The van der Waals surface area contributed by atoms with E-state index in [-0.39, 0.29) is 0 Å². The van der Waals surface area contributed by atoms with Gasteiger partial charge in [-0.05, 0) is 25.1 Å². The standard InChI is InChI=1S/C12H17NO3S/c1-4-16-12-7-9(5-6-11(12)14-2)10(13)8-17-15-3/h5-8H,4,13H2,1-3H3/b10-8+. The minimum Gasteiger partial charge on any atom is -0.493 e. The maximum Gasteiger partial charge on any atom is 0.161 e. The molecule has 0 amide bonds. The molecule has 94 valence electrons. The summed E-state index contributed by atoms with van der Waals surface area (Å²) in [6.07, 6.45) is 0. The monoisotopic (exact) mass is 255 g/mol. The van der Waals surface area contributed by atoms with E-state index in [4.69, 9.17) is 19.4 Å². The Bertz CT molecular complexity index is 393. The molecule has 0 aliphatic heterocycles. The van der Waals surface area contributed by atoms with Crippen LogP contribution >= 0.6 is 12.0 Å². The summed E-state index contributed by atoms with van der Waals surface area (Å²) in [5, 5.41) is 1.73. The molecule has 0 saturated heterocycles. The zero-order valence-electron chi connectivity index (χ0n) is 10.2. The van der Waals surface area contributed by atoms with Gasteiger partial charge in [-0.15, -0.1) is 0 Å². The fraction of sp³-hybridized carbons (Fsp3) is 0.333. The first-order valence-electron chi connectivity index (χ1n) is 5.19. The fourth-order valence-corrected chi connectivity index (χ4v) is 1.63. The van der Waals surface area contributed by atoms with Crippen molar-refractivity contribution >= 4 is 17.7 Å². The predicted molar refractivity (Wildman–Crippen MR) is 70.9 cm³/mol. The minimum atomic E-state index is 0.580. The molecule has 0 saturated carbocycles. The maximum absolute atomic E-state index is 5.90. The summed E-state index contributed by atoms with van der Waals surface area (Å²) in [7, 11) is 3.20. The van der Waals surface area contributed by atoms with Crippen molar-refractivity contribution in [3.63, 3.8) is 0 Å². The van der Waals surface area contributed by atoms with Crippen LogP contribution in [0.3, 0.4) is 0 Å². The lowest BCUT2D eigenvalue weighted by Crippen LogP contribution is -1.99. The molecular weight excluding hydrogens is 238 g/mol. The van der Waals surface area contributed by atoms with Crippen LogP contribution in [0.25, 0.3) is 5.70 Å². The topological polar surface area (TPSA) is 53.7 Å². The normalized spacial score (nSPS) is 11.4. The van der Waals surface area contributed by atoms with Crippen molar-refractivity contribution in [2.45, 2.75) is 6.92 Å². The van der Waals surface area contributed by atoms with Crippen LogP contribution in [0.15, 0.2) is 23.6 Å². The van der Waals surface area contributed by atoms with Crippen LogP contribution in [0.5, 0.6) is 11.5 Å². The predicted octanol–water partition coefficient (Wildman–Crippen LogP) is 2.65. The van der Waals surface area contributed by atoms with E-state index in [0.717, 1.165) is 5.56 Å². The summed E-state index contributed by atoms with van der Waals surface area (Å²) in [6.45, 7) is 2.50. The van der Waals surface area contributed by atoms with Crippen LogP contribution in [0, 0.1) is 0 Å². The molecule has 5 heteroatoms. The third kappa shape index (κ3) is 3.87. The van der Waals surface area contributed by atoms with Gasteiger partial charge in [0.05, 0.1) is 20.8 Å². The Morgan fingerprint density at radius 3 is 2.71 bits per heavy atom. The molecule has 0 spiro atoms. The van der Waals surface area contributed by atoms with Crippen LogP contribution in [0.4, 0.5) is 0 Å². The molecule has 1 rings (SSSR count). The van der Waals surface area contributed by atoms with Crippen molar-refractivity contribution in [1.82, 2.24) is 0 Å². The zero-order valence-corrected chi connectivity index (χ0v) is 11.0. The quantitative estimate of drug-likeness (QED) is 0.792. The van der Waals surface area contributed by atoms with Gasteiger partial charge in [0.2, 0.25) is 0 Å². The maximum atomic E-state index is 5.90. The van der Waals surface area contributed by atoms with Gasteiger partial charge in [0, 0.05) is 28.7 Å². The van der Waals surface area contributed by atoms with Crippen molar-refractivity contribution < 1.29 is 13.7 Å². The first kappa shape index (κ1) is 13.7. The molecule has 4 nitrogen and oxygen atoms in total. The van der Waals surface area contributed by atoms with E-state index in [1.54, 1.807) is 19.6 Å². The number of nitrogens with two attached hydrogens (primary N) is 1. The molecule has 0 radical (unpaired) electrons. The van der Waals surface area contributed by atoms with Crippen LogP contribution < -0.4 is 15.2 Å². The van der Waals surface area contributed by atoms with Gasteiger partial charge in [0.1, 0.15) is 0 Å². The lowest BCUT2D eigenvalue weighted by molar-refractivity contribution is 0.311. The molecule has 0 aliphatic carbocycles. The van der Waals surface area contributed by atoms with Gasteiger partial charge in [0.25, 0.3) is 0 Å². The Morgan fingerprint density at radius 2 is 2.12 bits per heavy atom. The summed E-state index contributed by atoms with van der Waals surface area (Å²) in [5.74, 6) is 1.38. The molecule has 17 heavy (non-hydrogen) atoms. The Kier molecular flexibility index (Phi) is 5.72. The van der Waals surface area contributed by atoms with Crippen LogP contribution in [0.1, 0.15) is 12.5 Å². The van der Waals surface area contributed by atoms with Gasteiger partial charge in [-0.2, -0.15) is 0 Å². The van der Waals surface area contributed by atoms with Crippen molar-refractivity contribution in [3.8, 4) is 11.5 Å². The van der Waals surface area contributed by atoms with E-state index in [9.17, 15) is 0 Å². The molecular formula is C12H17NO3S. The fourth-order valence-electron chi connectivity index (χ4n) is 1.29. The highest BCUT2D eigenvalue weighted by molar-refractivity contribution is 7.97. The van der Waals surface area contributed by atoms with Gasteiger partial charge in [0.15, 0.2) is 11.5 Å². The number of rotatable bonds is 6. The molecule has 2 N–H and O–H groups in total. The number of hydrogen-bond donors (Lipinski definition) is 1. The number of ether oxygens (including phenoxy) is 2. The van der Waals surface area contributed by atoms with Crippen LogP contribution in [0.2, 0.25) is 0 Å². The summed E-state index contributed by atoms with van der Waals surface area (Å²) in [4.78, 5) is 0. The molecule has 0 aromatic heterocycles. The lowest BCUT2D eigenvalue weighted by atomic mass is 10.1. The van der Waals surface area contributed by atoms with Crippen LogP contribution in [-0.4, -0.2) is 20.8 Å². The lowest BCUT2D eigenvalue weighted by Gasteiger charge is -2.11. The van der Waals surface area contributed by atoms with Crippen molar-refractivity contribution in [1.29, 1.82) is 0 Å². The average Bonchev–Trinajstić information content (AvgIpc) is 2.36. The first-order chi connectivity index (χ1) is 8.22. The second-order valence-corrected chi connectivity index (χ2v) is 3.90. The molecule has 0 fully saturated rings. The molecule has 1 aromatic carbocycles. The Hall–Kier alpha value is -1.33. The highest BCUT2D eigenvalue weighted by atomic mass is 32.2. The van der Waals surface area contributed by atoms with Crippen LogP contribution in [-0.2, 0) is 4.18 Å². The molecule has 0 unspecified atom stereocenters. The average molecular weight is 255 g/mol. The summed E-state index contributed by atoms with van der Waals surface area (Å²) < 4.78 is 15.5. The van der Waals surface area contributed by atoms with Crippen molar-refractivity contribution in [3.05, 3.63) is 29.2 Å². The number of methoxy groups -OCH3 is 1. The summed E-state index contributed by atoms with van der Waals surface area (Å²) >= 11 is 1.18. The number of hydrogen-bond acceptors (Lipinski definition) is 5. The van der Waals surface area contributed by atoms with E-state index in [0.29, 0.717) is 23.8 Å². The van der Waals surface area contributed by atoms with Crippen molar-refractivity contribution in [2.75, 3.05) is 20.8 Å². The Labute approximate surface area is 106 Å². The smallest absolute Gasteiger partial charge is 0.161 e. The summed E-state index contributed by atoms with van der Waals surface area (Å²) in [5.41, 5.74) is 7.40. The minimum absolute atomic E-state index is 0.580. The van der Waals surface area contributed by atoms with Gasteiger partial charge >= 0.3 is 0 Å². The highest BCUT2D eigenvalue weighted by Crippen LogP contribution is 2.30. The van der Waals surface area contributed by atoms with Gasteiger partial charge in [-0.3, -0.25) is 0 Å².